The highest BCUT2D eigenvalue weighted by atomic mass is 32.2. The maximum Gasteiger partial charge on any atom is 0.438 e. The van der Waals surface area contributed by atoms with Gasteiger partial charge in [0.2, 0.25) is 0 Å². The molecule has 5 nitrogen and oxygen atoms in total. The van der Waals surface area contributed by atoms with Gasteiger partial charge in [0.05, 0.1) is 0 Å². The monoisotopic (exact) mass is 402 g/mol. The van der Waals surface area contributed by atoms with Crippen LogP contribution in [0.3, 0.4) is 0 Å². The average molecular weight is 402 g/mol. The first-order chi connectivity index (χ1) is 11.2. The van der Waals surface area contributed by atoms with E-state index in [0.717, 1.165) is 19.3 Å². The molecule has 25 heavy (non-hydrogen) atoms. The fourth-order valence-corrected chi connectivity index (χ4v) is 2.92. The zero-order chi connectivity index (χ0) is 19.9. The molecule has 0 aromatic carbocycles. The Kier molecular flexibility index (Phi) is 8.68. The Bertz CT molecular complexity index is 512. The van der Waals surface area contributed by atoms with Crippen LogP contribution in [-0.4, -0.2) is 42.6 Å². The van der Waals surface area contributed by atoms with Gasteiger partial charge in [0.1, 0.15) is 5.75 Å². The molecule has 0 saturated carbocycles. The molecule has 12 heteroatoms. The summed E-state index contributed by atoms with van der Waals surface area (Å²) in [6.45, 7) is 1.94. The van der Waals surface area contributed by atoms with E-state index in [-0.39, 0.29) is 6.42 Å². The number of esters is 1. The van der Waals surface area contributed by atoms with Crippen LogP contribution in [0.25, 0.3) is 0 Å². The topological polar surface area (TPSA) is 80.7 Å². The molecule has 0 radical (unpaired) electrons. The zero-order valence-corrected chi connectivity index (χ0v) is 14.2. The van der Waals surface area contributed by atoms with Crippen molar-refractivity contribution in [2.24, 2.45) is 0 Å². The van der Waals surface area contributed by atoms with Crippen molar-refractivity contribution in [1.29, 1.82) is 0 Å². The summed E-state index contributed by atoms with van der Waals surface area (Å²) in [5.41, 5.74) is -5.31. The van der Waals surface area contributed by atoms with Crippen molar-refractivity contribution < 1.29 is 48.8 Å². The number of unbranched alkanes of at least 4 members (excludes halogenated alkanes) is 5. The van der Waals surface area contributed by atoms with Crippen LogP contribution in [0.5, 0.6) is 0 Å². The zero-order valence-electron chi connectivity index (χ0n) is 13.4. The Hall–Kier alpha value is -1.04. The van der Waals surface area contributed by atoms with Crippen molar-refractivity contribution in [3.05, 3.63) is 0 Å². The predicted molar refractivity (Wildman–Crippen MR) is 75.3 cm³/mol. The number of hydrogen-bond donors (Lipinski definition) is 1. The van der Waals surface area contributed by atoms with Crippen LogP contribution in [0.2, 0.25) is 0 Å². The minimum atomic E-state index is -6.28. The van der Waals surface area contributed by atoms with Crippen molar-refractivity contribution in [3.63, 3.8) is 0 Å². The highest BCUT2D eigenvalue weighted by Gasteiger charge is 2.75. The van der Waals surface area contributed by atoms with Gasteiger partial charge in [-0.25, -0.2) is 0 Å². The quantitative estimate of drug-likeness (QED) is 0.258. The van der Waals surface area contributed by atoms with Gasteiger partial charge >= 0.3 is 23.9 Å². The smallest absolute Gasteiger partial charge is 0.438 e. The maximum absolute atomic E-state index is 12.9. The van der Waals surface area contributed by atoms with Gasteiger partial charge in [0.25, 0.3) is 10.1 Å². The van der Waals surface area contributed by atoms with E-state index in [1.165, 1.54) is 0 Å². The van der Waals surface area contributed by atoms with Crippen LogP contribution in [-0.2, 0) is 19.6 Å². The van der Waals surface area contributed by atoms with E-state index in [1.54, 1.807) is 0 Å². The van der Waals surface area contributed by atoms with E-state index in [0.29, 0.717) is 12.8 Å². The molecule has 0 saturated heterocycles. The summed E-state index contributed by atoms with van der Waals surface area (Å²) in [7, 11) is -5.75. The fraction of sp³-hybridized carbons (Fsp3) is 0.923. The first-order valence-electron chi connectivity index (χ1n) is 7.47. The third-order valence-corrected chi connectivity index (χ3v) is 4.10. The largest absolute Gasteiger partial charge is 0.438 e. The molecule has 0 aromatic heterocycles. The molecule has 0 atom stereocenters. The lowest BCUT2D eigenvalue weighted by Crippen LogP contribution is -2.63. The maximum atomic E-state index is 12.9. The van der Waals surface area contributed by atoms with Crippen LogP contribution < -0.4 is 0 Å². The molecule has 0 fully saturated rings. The average Bonchev–Trinajstić information content (AvgIpc) is 2.37. The van der Waals surface area contributed by atoms with E-state index in [4.69, 9.17) is 4.55 Å². The first-order valence-corrected chi connectivity index (χ1v) is 9.07. The van der Waals surface area contributed by atoms with Gasteiger partial charge in [0, 0.05) is 6.42 Å². The molecular formula is C13H20F6O5S. The molecule has 0 rings (SSSR count). The summed E-state index contributed by atoms with van der Waals surface area (Å²) in [5, 5.41) is 0. The number of carbonyl (C=O) groups excluding carboxylic acids is 1. The van der Waals surface area contributed by atoms with Crippen molar-refractivity contribution in [3.8, 4) is 0 Å². The van der Waals surface area contributed by atoms with Gasteiger partial charge < -0.3 is 4.74 Å². The predicted octanol–water partition coefficient (Wildman–Crippen LogP) is 4.03. The lowest BCUT2D eigenvalue weighted by molar-refractivity contribution is -0.361. The summed E-state index contributed by atoms with van der Waals surface area (Å²) >= 11 is 0. The van der Waals surface area contributed by atoms with Crippen molar-refractivity contribution in [1.82, 2.24) is 0 Å². The number of halogens is 6. The number of hydrogen-bond acceptors (Lipinski definition) is 4. The number of ether oxygens (including phenoxy) is 1. The Morgan fingerprint density at radius 3 is 1.76 bits per heavy atom. The molecule has 0 aromatic rings. The molecule has 0 aliphatic rings. The Labute approximate surface area is 141 Å². The van der Waals surface area contributed by atoms with Crippen LogP contribution >= 0.6 is 0 Å². The standard InChI is InChI=1S/C13H20F6O5S/c1-2-3-4-5-6-7-8-10(20)24-11(12(14,15)16,13(17,18)19)9-25(21,22)23/h2-9H2,1H3,(H,21,22,23). The van der Waals surface area contributed by atoms with Gasteiger partial charge in [-0.2, -0.15) is 34.8 Å². The fourth-order valence-electron chi connectivity index (χ4n) is 2.02. The molecule has 0 bridgehead atoms. The summed E-state index contributed by atoms with van der Waals surface area (Å²) in [5.74, 6) is -4.69. The summed E-state index contributed by atoms with van der Waals surface area (Å²) in [6.07, 6.45) is -9.60. The molecule has 1 N–H and O–H groups in total. The number of alkyl halides is 6. The molecule has 0 spiro atoms. The second-order valence-corrected chi connectivity index (χ2v) is 6.99. The van der Waals surface area contributed by atoms with E-state index >= 15 is 0 Å². The normalized spacial score (nSPS) is 13.8. The lowest BCUT2D eigenvalue weighted by Gasteiger charge is -2.35. The van der Waals surface area contributed by atoms with Gasteiger partial charge in [-0.3, -0.25) is 9.35 Å². The van der Waals surface area contributed by atoms with Crippen LogP contribution in [0.15, 0.2) is 0 Å². The van der Waals surface area contributed by atoms with Gasteiger partial charge in [-0.1, -0.05) is 39.0 Å². The Balaban J connectivity index is 5.15. The van der Waals surface area contributed by atoms with Crippen LogP contribution in [0.1, 0.15) is 51.9 Å². The summed E-state index contributed by atoms with van der Waals surface area (Å²) in [4.78, 5) is 11.4. The van der Waals surface area contributed by atoms with Crippen LogP contribution in [0, 0.1) is 0 Å². The van der Waals surface area contributed by atoms with Gasteiger partial charge in [-0.15, -0.1) is 0 Å². The van der Waals surface area contributed by atoms with E-state index in [9.17, 15) is 39.6 Å². The van der Waals surface area contributed by atoms with Crippen molar-refractivity contribution in [2.75, 3.05) is 5.75 Å². The number of carbonyl (C=O) groups is 1. The summed E-state index contributed by atoms with van der Waals surface area (Å²) < 4.78 is 111. The van der Waals surface area contributed by atoms with E-state index in [2.05, 4.69) is 4.74 Å². The highest BCUT2D eigenvalue weighted by Crippen LogP contribution is 2.47. The molecule has 0 heterocycles. The lowest BCUT2D eigenvalue weighted by atomic mass is 10.1. The van der Waals surface area contributed by atoms with Gasteiger partial charge in [0.15, 0.2) is 0 Å². The molecule has 150 valence electrons. The van der Waals surface area contributed by atoms with Crippen molar-refractivity contribution >= 4 is 16.1 Å². The third kappa shape index (κ3) is 7.80. The minimum Gasteiger partial charge on any atom is -0.438 e. The Morgan fingerprint density at radius 2 is 1.36 bits per heavy atom. The molecule has 0 aliphatic heterocycles. The second-order valence-electron chi connectivity index (χ2n) is 5.54. The highest BCUT2D eigenvalue weighted by molar-refractivity contribution is 7.85. The second kappa shape index (κ2) is 9.06. The molecule has 0 aliphatic carbocycles. The van der Waals surface area contributed by atoms with Crippen LogP contribution in [0.4, 0.5) is 26.3 Å². The first kappa shape index (κ1) is 24.0. The van der Waals surface area contributed by atoms with E-state index < -0.39 is 46.2 Å². The number of rotatable bonds is 10. The minimum absolute atomic E-state index is 0.000215. The molecular weight excluding hydrogens is 382 g/mol. The van der Waals surface area contributed by atoms with E-state index in [1.807, 2.05) is 6.92 Å². The van der Waals surface area contributed by atoms with Gasteiger partial charge in [-0.05, 0) is 6.42 Å². The third-order valence-electron chi connectivity index (χ3n) is 3.32. The Morgan fingerprint density at radius 1 is 0.920 bits per heavy atom. The summed E-state index contributed by atoms with van der Waals surface area (Å²) in [6, 6.07) is 0. The SMILES string of the molecule is CCCCCCCCC(=O)OC(CS(=O)(=O)O)(C(F)(F)F)C(F)(F)F. The molecule has 0 amide bonds. The molecule has 0 unspecified atom stereocenters. The van der Waals surface area contributed by atoms with Crippen molar-refractivity contribution in [2.45, 2.75) is 69.8 Å².